The molecule has 0 aromatic heterocycles. The van der Waals surface area contributed by atoms with Crippen LogP contribution < -0.4 is 5.73 Å². The Morgan fingerprint density at radius 3 is 1.92 bits per heavy atom. The monoisotopic (exact) mass is 375 g/mol. The van der Waals surface area contributed by atoms with Crippen LogP contribution >= 0.6 is 0 Å². The first-order chi connectivity index (χ1) is 11.4. The van der Waals surface area contributed by atoms with Gasteiger partial charge in [-0.25, -0.2) is 0 Å². The van der Waals surface area contributed by atoms with Gasteiger partial charge in [-0.05, 0) is 0 Å². The Morgan fingerprint density at radius 1 is 0.880 bits per heavy atom. The smallest absolute Gasteiger partial charge is 0.252 e. The standard InChI is InChI=1S/C6H13NO6.C6H12O6/c7-6(12)5(11)4(10)3(9)2(1-8)13-6;7-2-6(11)5(10)4(9)3(8)1-12-6/h2-5,8-12H,1,7H2;3-5,7-11H,1-2H2/t2-,3-,4+,5-,6?;/m1./s1. The summed E-state index contributed by atoms with van der Waals surface area (Å²) in [5.41, 5.74) is 5.04. The largest absolute Gasteiger partial charge is 0.394 e. The molecule has 2 saturated heterocycles. The fraction of sp³-hybridized carbons (Fsp3) is 1.00. The van der Waals surface area contributed by atoms with Gasteiger partial charge in [-0.15, -0.1) is 0 Å². The van der Waals surface area contributed by atoms with Gasteiger partial charge in [0.25, 0.3) is 5.91 Å². The average molecular weight is 375 g/mol. The summed E-state index contributed by atoms with van der Waals surface area (Å²) in [7, 11) is 0. The lowest BCUT2D eigenvalue weighted by Gasteiger charge is -2.42. The lowest BCUT2D eigenvalue weighted by atomic mass is 9.97. The zero-order valence-electron chi connectivity index (χ0n) is 13.0. The number of rotatable bonds is 2. The van der Waals surface area contributed by atoms with E-state index >= 15 is 0 Å². The zero-order chi connectivity index (χ0) is 19.6. The highest BCUT2D eigenvalue weighted by Crippen LogP contribution is 2.24. The molecular formula is C12H25NO12. The van der Waals surface area contributed by atoms with E-state index in [9.17, 15) is 10.2 Å². The molecule has 2 rings (SSSR count). The van der Waals surface area contributed by atoms with E-state index in [-0.39, 0.29) is 6.61 Å². The molecule has 13 nitrogen and oxygen atoms in total. The van der Waals surface area contributed by atoms with Crippen molar-refractivity contribution in [2.45, 2.75) is 54.4 Å². The second-order valence-electron chi connectivity index (χ2n) is 5.83. The summed E-state index contributed by atoms with van der Waals surface area (Å²) in [6.07, 6.45) is -10.6. The molecule has 2 aliphatic rings. The molecule has 150 valence electrons. The highest BCUT2D eigenvalue weighted by Gasteiger charge is 2.50. The van der Waals surface area contributed by atoms with Crippen molar-refractivity contribution in [3.8, 4) is 0 Å². The van der Waals surface area contributed by atoms with E-state index in [0.717, 1.165) is 0 Å². The maximum Gasteiger partial charge on any atom is 0.252 e. The molecule has 2 aliphatic heterocycles. The van der Waals surface area contributed by atoms with Crippen molar-refractivity contribution in [2.24, 2.45) is 5.73 Å². The molecule has 0 aliphatic carbocycles. The predicted octanol–water partition coefficient (Wildman–Crippen LogP) is -7.15. The second-order valence-corrected chi connectivity index (χ2v) is 5.83. The van der Waals surface area contributed by atoms with E-state index in [0.29, 0.717) is 0 Å². The Balaban J connectivity index is 0.000000251. The van der Waals surface area contributed by atoms with Gasteiger partial charge in [0, 0.05) is 0 Å². The van der Waals surface area contributed by atoms with E-state index in [1.807, 2.05) is 0 Å². The van der Waals surface area contributed by atoms with Gasteiger partial charge in [-0.2, -0.15) is 0 Å². The molecule has 2 heterocycles. The molecule has 9 atom stereocenters. The zero-order valence-corrected chi connectivity index (χ0v) is 13.0. The molecular weight excluding hydrogens is 350 g/mol. The van der Waals surface area contributed by atoms with Crippen LogP contribution in [0.25, 0.3) is 0 Å². The molecule has 13 heteroatoms. The first-order valence-electron chi connectivity index (χ1n) is 7.26. The third-order valence-corrected chi connectivity index (χ3v) is 3.91. The van der Waals surface area contributed by atoms with Gasteiger partial charge in [0.2, 0.25) is 5.79 Å². The fourth-order valence-corrected chi connectivity index (χ4v) is 2.21. The van der Waals surface area contributed by atoms with E-state index in [2.05, 4.69) is 9.47 Å². The summed E-state index contributed by atoms with van der Waals surface area (Å²) < 4.78 is 9.10. The summed E-state index contributed by atoms with van der Waals surface area (Å²) in [6.45, 7) is -1.78. The highest BCUT2D eigenvalue weighted by atomic mass is 16.7. The Kier molecular flexibility index (Phi) is 7.61. The average Bonchev–Trinajstić information content (AvgIpc) is 2.58. The second kappa shape index (κ2) is 8.45. The minimum Gasteiger partial charge on any atom is -0.394 e. The SMILES string of the molecule is NC1(O)O[C@H](CO)[C@@H](O)[C@H](O)[C@H]1O.OCC1(O)OCC(O)C(O)C1O. The molecule has 0 saturated carbocycles. The van der Waals surface area contributed by atoms with E-state index in [4.69, 9.17) is 46.6 Å². The van der Waals surface area contributed by atoms with E-state index < -0.39 is 67.6 Å². The van der Waals surface area contributed by atoms with Gasteiger partial charge in [-0.3, -0.25) is 5.73 Å². The minimum atomic E-state index is -2.45. The molecule has 2 fully saturated rings. The van der Waals surface area contributed by atoms with Crippen LogP contribution in [0.3, 0.4) is 0 Å². The number of ether oxygens (including phenoxy) is 2. The summed E-state index contributed by atoms with van der Waals surface area (Å²) in [5.74, 6) is -4.62. The third-order valence-electron chi connectivity index (χ3n) is 3.91. The van der Waals surface area contributed by atoms with Gasteiger partial charge in [-0.1, -0.05) is 0 Å². The maximum absolute atomic E-state index is 9.24. The predicted molar refractivity (Wildman–Crippen MR) is 75.1 cm³/mol. The quantitative estimate of drug-likeness (QED) is 0.201. The minimum absolute atomic E-state index is 0.324. The van der Waals surface area contributed by atoms with Gasteiger partial charge in [0.05, 0.1) is 19.8 Å². The van der Waals surface area contributed by atoms with E-state index in [1.54, 1.807) is 0 Å². The van der Waals surface area contributed by atoms with Gasteiger partial charge < -0.3 is 60.5 Å². The van der Waals surface area contributed by atoms with Crippen LogP contribution in [0, 0.1) is 0 Å². The molecule has 0 aromatic rings. The van der Waals surface area contributed by atoms with Crippen LogP contribution in [-0.4, -0.2) is 125 Å². The molecule has 25 heavy (non-hydrogen) atoms. The normalized spacial score (nSPS) is 50.8. The Hall–Kier alpha value is -0.520. The van der Waals surface area contributed by atoms with Crippen molar-refractivity contribution in [3.63, 3.8) is 0 Å². The molecule has 0 radical (unpaired) electrons. The van der Waals surface area contributed by atoms with Crippen LogP contribution in [0.1, 0.15) is 0 Å². The van der Waals surface area contributed by atoms with Crippen molar-refractivity contribution in [1.29, 1.82) is 0 Å². The topological polar surface area (TPSA) is 247 Å². The molecule has 12 N–H and O–H groups in total. The van der Waals surface area contributed by atoms with Crippen molar-refractivity contribution in [3.05, 3.63) is 0 Å². The number of aliphatic hydroxyl groups excluding tert-OH is 8. The molecule has 5 unspecified atom stereocenters. The van der Waals surface area contributed by atoms with Crippen LogP contribution in [0.4, 0.5) is 0 Å². The fourth-order valence-electron chi connectivity index (χ4n) is 2.21. The van der Waals surface area contributed by atoms with Gasteiger partial charge in [0.1, 0.15) is 36.6 Å². The maximum atomic E-state index is 9.24. The Labute approximate surface area is 141 Å². The Morgan fingerprint density at radius 2 is 1.44 bits per heavy atom. The van der Waals surface area contributed by atoms with Crippen LogP contribution in [0.2, 0.25) is 0 Å². The van der Waals surface area contributed by atoms with E-state index in [1.165, 1.54) is 0 Å². The third kappa shape index (κ3) is 4.81. The molecule has 0 amide bonds. The summed E-state index contributed by atoms with van der Waals surface area (Å²) in [6, 6.07) is 0. The van der Waals surface area contributed by atoms with Gasteiger partial charge >= 0.3 is 0 Å². The summed E-state index contributed by atoms with van der Waals surface area (Å²) in [5, 5.41) is 90.2. The van der Waals surface area contributed by atoms with Crippen molar-refractivity contribution < 1.29 is 60.5 Å². The summed E-state index contributed by atoms with van der Waals surface area (Å²) >= 11 is 0. The Bertz CT molecular complexity index is 423. The summed E-state index contributed by atoms with van der Waals surface area (Å²) in [4.78, 5) is 0. The van der Waals surface area contributed by atoms with Crippen molar-refractivity contribution >= 4 is 0 Å². The molecule has 0 aromatic carbocycles. The lowest BCUT2D eigenvalue weighted by Crippen LogP contribution is -2.69. The first kappa shape index (κ1) is 22.5. The van der Waals surface area contributed by atoms with Crippen molar-refractivity contribution in [1.82, 2.24) is 0 Å². The number of nitrogens with two attached hydrogens (primary N) is 1. The number of hydrogen-bond acceptors (Lipinski definition) is 13. The van der Waals surface area contributed by atoms with Crippen molar-refractivity contribution in [2.75, 3.05) is 19.8 Å². The molecule has 0 bridgehead atoms. The van der Waals surface area contributed by atoms with Crippen LogP contribution in [0.5, 0.6) is 0 Å². The lowest BCUT2D eigenvalue weighted by molar-refractivity contribution is -0.346. The van der Waals surface area contributed by atoms with Crippen LogP contribution in [-0.2, 0) is 9.47 Å². The van der Waals surface area contributed by atoms with Gasteiger partial charge in [0.15, 0.2) is 6.10 Å². The first-order valence-corrected chi connectivity index (χ1v) is 7.26. The van der Waals surface area contributed by atoms with Crippen LogP contribution in [0.15, 0.2) is 0 Å². The number of hydrogen-bond donors (Lipinski definition) is 11. The number of aliphatic hydroxyl groups is 10. The highest BCUT2D eigenvalue weighted by molar-refractivity contribution is 4.93. The molecule has 0 spiro atoms.